The molecule has 1 aliphatic carbocycles. The molecule has 0 saturated heterocycles. The van der Waals surface area contributed by atoms with E-state index in [1.807, 2.05) is 32.9 Å². The molecule has 0 unspecified atom stereocenters. The molecule has 0 spiro atoms. The van der Waals surface area contributed by atoms with E-state index in [1.165, 1.54) is 9.21 Å². The molecule has 1 saturated carbocycles. The highest BCUT2D eigenvalue weighted by Crippen LogP contribution is 2.28. The Hall–Kier alpha value is -2.29. The quantitative estimate of drug-likeness (QED) is 0.325. The second kappa shape index (κ2) is 13.9. The molecular weight excluding hydrogens is 557 g/mol. The number of halogens is 2. The van der Waals surface area contributed by atoms with E-state index in [2.05, 4.69) is 5.32 Å². The lowest BCUT2D eigenvalue weighted by atomic mass is 10.1. The summed E-state index contributed by atoms with van der Waals surface area (Å²) in [6.07, 6.45) is 5.96. The summed E-state index contributed by atoms with van der Waals surface area (Å²) in [5, 5.41) is 3.96. The first-order valence-corrected chi connectivity index (χ1v) is 16.1. The number of rotatable bonds is 12. The second-order valence-electron chi connectivity index (χ2n) is 10.3. The minimum absolute atomic E-state index is 0.0617. The molecule has 2 amide bonds. The van der Waals surface area contributed by atoms with Gasteiger partial charge >= 0.3 is 0 Å². The molecule has 2 aromatic rings. The first-order valence-electron chi connectivity index (χ1n) is 13.5. The maximum atomic E-state index is 13.7. The number of anilines is 1. The van der Waals surface area contributed by atoms with Crippen molar-refractivity contribution in [3.8, 4) is 0 Å². The van der Waals surface area contributed by atoms with Gasteiger partial charge in [0.2, 0.25) is 21.8 Å². The lowest BCUT2D eigenvalue weighted by Gasteiger charge is -2.32. The van der Waals surface area contributed by atoms with Gasteiger partial charge in [-0.1, -0.05) is 55.1 Å². The van der Waals surface area contributed by atoms with E-state index in [0.717, 1.165) is 43.1 Å². The summed E-state index contributed by atoms with van der Waals surface area (Å²) < 4.78 is 26.5. The molecule has 214 valence electrons. The summed E-state index contributed by atoms with van der Waals surface area (Å²) in [6.45, 7) is 6.00. The number of aryl methyl sites for hydroxylation is 2. The van der Waals surface area contributed by atoms with Crippen molar-refractivity contribution in [3.05, 3.63) is 63.1 Å². The number of carbonyl (C=O) groups excluding carboxylic acids is 2. The second-order valence-corrected chi connectivity index (χ2v) is 13.1. The van der Waals surface area contributed by atoms with Crippen LogP contribution in [0.1, 0.15) is 68.6 Å². The minimum Gasteiger partial charge on any atom is -0.352 e. The summed E-state index contributed by atoms with van der Waals surface area (Å²) in [5.74, 6) is -0.443. The molecule has 3 rings (SSSR count). The zero-order chi connectivity index (χ0) is 28.7. The molecule has 0 bridgehead atoms. The van der Waals surface area contributed by atoms with Gasteiger partial charge in [0, 0.05) is 41.2 Å². The molecule has 2 aromatic carbocycles. The Kier molecular flexibility index (Phi) is 11.1. The van der Waals surface area contributed by atoms with Gasteiger partial charge in [0.05, 0.1) is 11.9 Å². The maximum Gasteiger partial charge on any atom is 0.243 e. The average Bonchev–Trinajstić information content (AvgIpc) is 3.37. The molecule has 1 aliphatic rings. The summed E-state index contributed by atoms with van der Waals surface area (Å²) in [5.41, 5.74) is 3.20. The third kappa shape index (κ3) is 8.35. The van der Waals surface area contributed by atoms with Gasteiger partial charge in [-0.2, -0.15) is 0 Å². The van der Waals surface area contributed by atoms with Crippen molar-refractivity contribution in [2.45, 2.75) is 84.3 Å². The van der Waals surface area contributed by atoms with E-state index in [0.29, 0.717) is 27.7 Å². The molecule has 7 nitrogen and oxygen atoms in total. The number of hydrogen-bond donors (Lipinski definition) is 1. The predicted molar refractivity (Wildman–Crippen MR) is 159 cm³/mol. The highest BCUT2D eigenvalue weighted by Gasteiger charge is 2.31. The van der Waals surface area contributed by atoms with Crippen LogP contribution in [-0.2, 0) is 26.2 Å². The van der Waals surface area contributed by atoms with E-state index < -0.39 is 16.1 Å². The third-order valence-corrected chi connectivity index (χ3v) is 9.31. The fourth-order valence-electron chi connectivity index (χ4n) is 5.03. The summed E-state index contributed by atoms with van der Waals surface area (Å²) in [6, 6.07) is 10.1. The minimum atomic E-state index is -3.56. The number of nitrogens with zero attached hydrogens (tertiary/aromatic N) is 2. The van der Waals surface area contributed by atoms with Crippen LogP contribution in [0.3, 0.4) is 0 Å². The fraction of sp³-hybridized carbons (Fsp3) is 0.517. The molecule has 1 fully saturated rings. The van der Waals surface area contributed by atoms with Crippen molar-refractivity contribution in [3.63, 3.8) is 0 Å². The Balaban J connectivity index is 1.81. The normalized spacial score (nSPS) is 14.7. The van der Waals surface area contributed by atoms with Gasteiger partial charge < -0.3 is 10.2 Å². The molecular formula is C29H39Cl2N3O4S. The van der Waals surface area contributed by atoms with Crippen LogP contribution >= 0.6 is 23.2 Å². The van der Waals surface area contributed by atoms with Crippen LogP contribution in [0.15, 0.2) is 36.4 Å². The first-order chi connectivity index (χ1) is 18.4. The molecule has 39 heavy (non-hydrogen) atoms. The van der Waals surface area contributed by atoms with Gasteiger partial charge in [0.25, 0.3) is 0 Å². The standard InChI is InChI=1S/C29H39Cl2N3O4S/c1-5-27(29(36)32-22-10-6-7-11-22)33(19-24-25(30)12-8-13-26(24)31)28(35)14-9-17-34(39(4,37)38)23-16-15-20(2)21(3)18-23/h8,12-13,15-16,18,22,27H,5-7,9-11,14,17,19H2,1-4H3,(H,32,36)/t27-/m1/s1. The fourth-order valence-corrected chi connectivity index (χ4v) is 6.50. The largest absolute Gasteiger partial charge is 0.352 e. The number of carbonyl (C=O) groups is 2. The zero-order valence-electron chi connectivity index (χ0n) is 23.2. The molecule has 0 aliphatic heterocycles. The average molecular weight is 597 g/mol. The van der Waals surface area contributed by atoms with Crippen molar-refractivity contribution in [1.29, 1.82) is 0 Å². The van der Waals surface area contributed by atoms with Gasteiger partial charge in [0.15, 0.2) is 0 Å². The maximum absolute atomic E-state index is 13.7. The lowest BCUT2D eigenvalue weighted by molar-refractivity contribution is -0.141. The molecule has 10 heteroatoms. The van der Waals surface area contributed by atoms with Crippen LogP contribution in [0, 0.1) is 13.8 Å². The highest BCUT2D eigenvalue weighted by molar-refractivity contribution is 7.92. The summed E-state index contributed by atoms with van der Waals surface area (Å²) >= 11 is 12.9. The molecule has 0 aromatic heterocycles. The molecule has 1 atom stereocenters. The van der Waals surface area contributed by atoms with Crippen molar-refractivity contribution in [2.75, 3.05) is 17.1 Å². The van der Waals surface area contributed by atoms with E-state index in [1.54, 1.807) is 24.3 Å². The predicted octanol–water partition coefficient (Wildman–Crippen LogP) is 6.02. The van der Waals surface area contributed by atoms with Crippen molar-refractivity contribution in [2.24, 2.45) is 0 Å². The number of benzene rings is 2. The summed E-state index contributed by atoms with van der Waals surface area (Å²) in [7, 11) is -3.56. The number of nitrogens with one attached hydrogen (secondary N) is 1. The SMILES string of the molecule is CC[C@H](C(=O)NC1CCCC1)N(Cc1c(Cl)cccc1Cl)C(=O)CCCN(c1ccc(C)c(C)c1)S(C)(=O)=O. The van der Waals surface area contributed by atoms with Gasteiger partial charge in [0.1, 0.15) is 6.04 Å². The number of amides is 2. The molecule has 1 N–H and O–H groups in total. The Morgan fingerprint density at radius 2 is 1.69 bits per heavy atom. The van der Waals surface area contributed by atoms with Crippen LogP contribution in [0.5, 0.6) is 0 Å². The third-order valence-electron chi connectivity index (χ3n) is 7.41. The van der Waals surface area contributed by atoms with Gasteiger partial charge in [-0.25, -0.2) is 8.42 Å². The van der Waals surface area contributed by atoms with Crippen molar-refractivity contribution in [1.82, 2.24) is 10.2 Å². The van der Waals surface area contributed by atoms with Gasteiger partial charge in [-0.3, -0.25) is 13.9 Å². The van der Waals surface area contributed by atoms with E-state index in [9.17, 15) is 18.0 Å². The number of hydrogen-bond acceptors (Lipinski definition) is 4. The van der Waals surface area contributed by atoms with E-state index in [4.69, 9.17) is 23.2 Å². The van der Waals surface area contributed by atoms with Crippen LogP contribution in [0.25, 0.3) is 0 Å². The van der Waals surface area contributed by atoms with Gasteiger partial charge in [-0.05, 0) is 74.9 Å². The smallest absolute Gasteiger partial charge is 0.243 e. The highest BCUT2D eigenvalue weighted by atomic mass is 35.5. The van der Waals surface area contributed by atoms with Crippen molar-refractivity contribution < 1.29 is 18.0 Å². The van der Waals surface area contributed by atoms with Crippen LogP contribution < -0.4 is 9.62 Å². The lowest BCUT2D eigenvalue weighted by Crippen LogP contribution is -2.51. The van der Waals surface area contributed by atoms with Crippen LogP contribution in [0.2, 0.25) is 10.0 Å². The van der Waals surface area contributed by atoms with Crippen molar-refractivity contribution >= 4 is 50.7 Å². The topological polar surface area (TPSA) is 86.8 Å². The Labute approximate surface area is 242 Å². The van der Waals surface area contributed by atoms with Crippen LogP contribution in [-0.4, -0.2) is 50.0 Å². The summed E-state index contributed by atoms with van der Waals surface area (Å²) in [4.78, 5) is 28.5. The van der Waals surface area contributed by atoms with E-state index >= 15 is 0 Å². The number of sulfonamides is 1. The monoisotopic (exact) mass is 595 g/mol. The molecule has 0 radical (unpaired) electrons. The van der Waals surface area contributed by atoms with E-state index in [-0.39, 0.29) is 43.8 Å². The Bertz CT molecular complexity index is 1260. The first kappa shape index (κ1) is 31.2. The molecule has 0 heterocycles. The van der Waals surface area contributed by atoms with Crippen LogP contribution in [0.4, 0.5) is 5.69 Å². The zero-order valence-corrected chi connectivity index (χ0v) is 25.5. The Morgan fingerprint density at radius 1 is 1.05 bits per heavy atom. The van der Waals surface area contributed by atoms with Gasteiger partial charge in [-0.15, -0.1) is 0 Å². The Morgan fingerprint density at radius 3 is 2.26 bits per heavy atom.